The van der Waals surface area contributed by atoms with Gasteiger partial charge in [0, 0.05) is 31.2 Å². The topological polar surface area (TPSA) is 47.4 Å². The van der Waals surface area contributed by atoms with Gasteiger partial charge in [-0.3, -0.25) is 0 Å². The lowest BCUT2D eigenvalue weighted by Gasteiger charge is -2.24. The number of nitrogens with zero attached hydrogens (tertiary/aromatic N) is 3. The van der Waals surface area contributed by atoms with Gasteiger partial charge >= 0.3 is 6.09 Å². The molecule has 0 saturated carbocycles. The Bertz CT molecular complexity index is 1220. The van der Waals surface area contributed by atoms with E-state index < -0.39 is 0 Å². The number of amides is 1. The molecule has 5 rings (SSSR count). The zero-order chi connectivity index (χ0) is 21.9. The van der Waals surface area contributed by atoms with Crippen LogP contribution in [0, 0.1) is 0 Å². The number of benzene rings is 2. The Hall–Kier alpha value is -3.60. The highest BCUT2D eigenvalue weighted by molar-refractivity contribution is 5.89. The molecule has 0 unspecified atom stereocenters. The molecule has 0 N–H and O–H groups in total. The molecule has 162 valence electrons. The number of aryl methyl sites for hydroxylation is 1. The molecule has 0 radical (unpaired) electrons. The molecule has 5 heteroatoms. The van der Waals surface area contributed by atoms with Crippen molar-refractivity contribution in [3.63, 3.8) is 0 Å². The first kappa shape index (κ1) is 20.3. The number of fused-ring (bicyclic) bond motifs is 1. The van der Waals surface area contributed by atoms with Crippen molar-refractivity contribution in [1.29, 1.82) is 0 Å². The summed E-state index contributed by atoms with van der Waals surface area (Å²) in [6.07, 6.45) is 4.37. The van der Waals surface area contributed by atoms with E-state index in [1.54, 1.807) is 0 Å². The van der Waals surface area contributed by atoms with Gasteiger partial charge < -0.3 is 14.2 Å². The van der Waals surface area contributed by atoms with Crippen LogP contribution in [-0.4, -0.2) is 33.1 Å². The lowest BCUT2D eigenvalue weighted by atomic mass is 9.98. The molecule has 4 aromatic rings. The summed E-state index contributed by atoms with van der Waals surface area (Å²) < 4.78 is 7.83. The molecule has 32 heavy (non-hydrogen) atoms. The Morgan fingerprint density at radius 3 is 2.56 bits per heavy atom. The molecule has 1 atom stereocenters. The maximum absolute atomic E-state index is 12.9. The van der Waals surface area contributed by atoms with Crippen molar-refractivity contribution in [1.82, 2.24) is 14.5 Å². The van der Waals surface area contributed by atoms with E-state index in [1.807, 2.05) is 53.6 Å². The van der Waals surface area contributed by atoms with E-state index >= 15 is 0 Å². The van der Waals surface area contributed by atoms with Crippen molar-refractivity contribution in [2.45, 2.75) is 31.9 Å². The van der Waals surface area contributed by atoms with Gasteiger partial charge in [0.25, 0.3) is 0 Å². The predicted octanol–water partition coefficient (Wildman–Crippen LogP) is 5.58. The molecule has 2 aromatic heterocycles. The Labute approximate surface area is 188 Å². The Morgan fingerprint density at radius 2 is 1.78 bits per heavy atom. The van der Waals surface area contributed by atoms with E-state index in [4.69, 9.17) is 4.74 Å². The van der Waals surface area contributed by atoms with Gasteiger partial charge in [0.2, 0.25) is 0 Å². The molecule has 1 amide bonds. The summed E-state index contributed by atoms with van der Waals surface area (Å²) >= 11 is 0. The van der Waals surface area contributed by atoms with Crippen molar-refractivity contribution < 1.29 is 9.53 Å². The molecule has 0 spiro atoms. The summed E-state index contributed by atoms with van der Waals surface area (Å²) in [6, 6.07) is 24.5. The summed E-state index contributed by atoms with van der Waals surface area (Å²) in [5, 5.41) is 1.15. The van der Waals surface area contributed by atoms with Crippen molar-refractivity contribution in [3.05, 3.63) is 90.1 Å². The van der Waals surface area contributed by atoms with Gasteiger partial charge in [0.05, 0.1) is 5.69 Å². The van der Waals surface area contributed by atoms with Crippen LogP contribution in [-0.2, 0) is 24.8 Å². The first-order valence-electron chi connectivity index (χ1n) is 11.2. The number of aromatic nitrogens is 2. The monoisotopic (exact) mass is 425 g/mol. The smallest absolute Gasteiger partial charge is 0.410 e. The summed E-state index contributed by atoms with van der Waals surface area (Å²) in [6.45, 7) is 1.04. The second-order valence-corrected chi connectivity index (χ2v) is 8.36. The van der Waals surface area contributed by atoms with Gasteiger partial charge in [-0.2, -0.15) is 0 Å². The molecule has 0 aliphatic carbocycles. The highest BCUT2D eigenvalue weighted by atomic mass is 16.6. The summed E-state index contributed by atoms with van der Waals surface area (Å²) in [4.78, 5) is 19.5. The lowest BCUT2D eigenvalue weighted by Crippen LogP contribution is -2.37. The maximum Gasteiger partial charge on any atom is 0.410 e. The standard InChI is InChI=1S/C27H27N3O2/c1-29-25(21-12-6-3-7-13-21)24(23-15-8-16-28-26(23)29)18-22-14-9-17-30(22)27(31)32-19-20-10-4-2-5-11-20/h2-8,10-13,15-16,22H,9,14,17-19H2,1H3/t22-/m0/s1. The quantitative estimate of drug-likeness (QED) is 0.419. The maximum atomic E-state index is 12.9. The van der Waals surface area contributed by atoms with Crippen molar-refractivity contribution in [2.75, 3.05) is 6.54 Å². The highest BCUT2D eigenvalue weighted by Gasteiger charge is 2.32. The summed E-state index contributed by atoms with van der Waals surface area (Å²) in [7, 11) is 2.07. The summed E-state index contributed by atoms with van der Waals surface area (Å²) in [5.41, 5.74) is 5.55. The van der Waals surface area contributed by atoms with E-state index in [1.165, 1.54) is 16.8 Å². The fraction of sp³-hybridized carbons (Fsp3) is 0.259. The molecular formula is C27H27N3O2. The van der Waals surface area contributed by atoms with Gasteiger partial charge in [0.1, 0.15) is 12.3 Å². The third-order valence-corrected chi connectivity index (χ3v) is 6.35. The fourth-order valence-corrected chi connectivity index (χ4v) is 4.83. The molecule has 3 heterocycles. The number of carbonyl (C=O) groups excluding carboxylic acids is 1. The molecule has 1 saturated heterocycles. The van der Waals surface area contributed by atoms with Crippen molar-refractivity contribution in [3.8, 4) is 11.3 Å². The van der Waals surface area contributed by atoms with Gasteiger partial charge in [-0.1, -0.05) is 60.7 Å². The predicted molar refractivity (Wildman–Crippen MR) is 126 cm³/mol. The second-order valence-electron chi connectivity index (χ2n) is 8.36. The minimum absolute atomic E-state index is 0.117. The third kappa shape index (κ3) is 3.86. The first-order chi connectivity index (χ1) is 15.7. The zero-order valence-corrected chi connectivity index (χ0v) is 18.3. The van der Waals surface area contributed by atoms with Gasteiger partial charge in [-0.25, -0.2) is 9.78 Å². The minimum Gasteiger partial charge on any atom is -0.445 e. The third-order valence-electron chi connectivity index (χ3n) is 6.35. The van der Waals surface area contributed by atoms with Crippen LogP contribution in [0.5, 0.6) is 0 Å². The second kappa shape index (κ2) is 8.87. The number of hydrogen-bond donors (Lipinski definition) is 0. The van der Waals surface area contributed by atoms with Crippen LogP contribution < -0.4 is 0 Å². The Kier molecular flexibility index (Phi) is 5.63. The van der Waals surface area contributed by atoms with Gasteiger partial charge in [0.15, 0.2) is 0 Å². The molecule has 1 aliphatic rings. The highest BCUT2D eigenvalue weighted by Crippen LogP contribution is 2.35. The Morgan fingerprint density at radius 1 is 1.03 bits per heavy atom. The average Bonchev–Trinajstić information content (AvgIpc) is 3.42. The number of rotatable bonds is 5. The van der Waals surface area contributed by atoms with E-state index in [2.05, 4.69) is 46.9 Å². The number of likely N-dealkylation sites (tertiary alicyclic amines) is 1. The zero-order valence-electron chi connectivity index (χ0n) is 18.3. The first-order valence-corrected chi connectivity index (χ1v) is 11.2. The fourth-order valence-electron chi connectivity index (χ4n) is 4.83. The number of carbonyl (C=O) groups is 1. The van der Waals surface area contributed by atoms with E-state index in [0.717, 1.165) is 42.4 Å². The van der Waals surface area contributed by atoms with Crippen LogP contribution in [0.4, 0.5) is 4.79 Å². The average molecular weight is 426 g/mol. The van der Waals surface area contributed by atoms with E-state index in [0.29, 0.717) is 6.61 Å². The minimum atomic E-state index is -0.226. The van der Waals surface area contributed by atoms with Crippen molar-refractivity contribution >= 4 is 17.1 Å². The number of ether oxygens (including phenoxy) is 1. The summed E-state index contributed by atoms with van der Waals surface area (Å²) in [5.74, 6) is 0. The van der Waals surface area contributed by atoms with Crippen molar-refractivity contribution in [2.24, 2.45) is 7.05 Å². The van der Waals surface area contributed by atoms with Crippen LogP contribution in [0.1, 0.15) is 24.0 Å². The van der Waals surface area contributed by atoms with Crippen LogP contribution in [0.3, 0.4) is 0 Å². The molecule has 5 nitrogen and oxygen atoms in total. The normalized spacial score (nSPS) is 15.9. The van der Waals surface area contributed by atoms with Crippen LogP contribution >= 0.6 is 0 Å². The molecule has 1 aliphatic heterocycles. The SMILES string of the molecule is Cn1c(-c2ccccc2)c(C[C@@H]2CCCN2C(=O)OCc2ccccc2)c2cccnc21. The van der Waals surface area contributed by atoms with Gasteiger partial charge in [-0.15, -0.1) is 0 Å². The molecule has 0 bridgehead atoms. The lowest BCUT2D eigenvalue weighted by molar-refractivity contribution is 0.0922. The molecular weight excluding hydrogens is 398 g/mol. The van der Waals surface area contributed by atoms with E-state index in [-0.39, 0.29) is 12.1 Å². The van der Waals surface area contributed by atoms with Crippen LogP contribution in [0.15, 0.2) is 79.0 Å². The number of hydrogen-bond acceptors (Lipinski definition) is 3. The largest absolute Gasteiger partial charge is 0.445 e. The number of pyridine rings is 1. The van der Waals surface area contributed by atoms with E-state index in [9.17, 15) is 4.79 Å². The molecule has 2 aromatic carbocycles. The van der Waals surface area contributed by atoms with Crippen LogP contribution in [0.25, 0.3) is 22.3 Å². The Balaban J connectivity index is 1.43. The van der Waals surface area contributed by atoms with Gasteiger partial charge in [-0.05, 0) is 48.1 Å². The van der Waals surface area contributed by atoms with Crippen LogP contribution in [0.2, 0.25) is 0 Å². The molecule has 1 fully saturated rings.